The molecule has 1 aromatic rings. The van der Waals surface area contributed by atoms with Crippen molar-refractivity contribution in [2.45, 2.75) is 6.54 Å². The van der Waals surface area contributed by atoms with Crippen molar-refractivity contribution in [1.29, 1.82) is 0 Å². The molecule has 0 aliphatic heterocycles. The largest absolute Gasteiger partial charge is 0.345 e. The van der Waals surface area contributed by atoms with Gasteiger partial charge in [-0.2, -0.15) is 0 Å². The molecule has 0 saturated heterocycles. The van der Waals surface area contributed by atoms with Crippen molar-refractivity contribution in [3.8, 4) is 0 Å². The summed E-state index contributed by atoms with van der Waals surface area (Å²) in [5.41, 5.74) is 7.56. The standard InChI is InChI=1S/C14H19N3O2/c1-17(2)14(19)8-5-9-15-16-10-12-6-3-4-7-13(12)11-18/h3-8,11,15-16H,9-10H2,1-2H3/b8-5+. The van der Waals surface area contributed by atoms with Gasteiger partial charge in [0.15, 0.2) is 0 Å². The van der Waals surface area contributed by atoms with Gasteiger partial charge in [0.1, 0.15) is 6.29 Å². The monoisotopic (exact) mass is 261 g/mol. The van der Waals surface area contributed by atoms with E-state index < -0.39 is 0 Å². The third kappa shape index (κ3) is 5.46. The maximum absolute atomic E-state index is 11.2. The number of amides is 1. The number of nitrogens with zero attached hydrogens (tertiary/aromatic N) is 1. The molecule has 0 aliphatic carbocycles. The SMILES string of the molecule is CN(C)C(=O)/C=C/CNNCc1ccccc1C=O. The summed E-state index contributed by atoms with van der Waals surface area (Å²) in [7, 11) is 3.41. The number of rotatable bonds is 7. The van der Waals surface area contributed by atoms with Gasteiger partial charge in [-0.3, -0.25) is 20.4 Å². The van der Waals surface area contributed by atoms with Crippen LogP contribution in [0.4, 0.5) is 0 Å². The van der Waals surface area contributed by atoms with Gasteiger partial charge in [0.25, 0.3) is 0 Å². The van der Waals surface area contributed by atoms with E-state index in [1.807, 2.05) is 18.2 Å². The predicted octanol–water partition coefficient (Wildman–Crippen LogP) is 0.738. The minimum Gasteiger partial charge on any atom is -0.345 e. The maximum Gasteiger partial charge on any atom is 0.245 e. The second-order valence-electron chi connectivity index (χ2n) is 4.19. The molecule has 1 amide bonds. The van der Waals surface area contributed by atoms with E-state index in [1.165, 1.54) is 11.0 Å². The molecule has 0 unspecified atom stereocenters. The Hall–Kier alpha value is -1.98. The molecule has 19 heavy (non-hydrogen) atoms. The van der Waals surface area contributed by atoms with E-state index in [0.29, 0.717) is 18.7 Å². The van der Waals surface area contributed by atoms with Crippen molar-refractivity contribution in [2.75, 3.05) is 20.6 Å². The van der Waals surface area contributed by atoms with Crippen LogP contribution in [0.1, 0.15) is 15.9 Å². The molecule has 102 valence electrons. The quantitative estimate of drug-likeness (QED) is 0.329. The van der Waals surface area contributed by atoms with Gasteiger partial charge in [-0.05, 0) is 5.56 Å². The third-order valence-corrected chi connectivity index (χ3v) is 2.51. The summed E-state index contributed by atoms with van der Waals surface area (Å²) in [6.07, 6.45) is 4.08. The van der Waals surface area contributed by atoms with Gasteiger partial charge in [0, 0.05) is 38.8 Å². The second kappa shape index (κ2) is 8.18. The molecule has 5 nitrogen and oxygen atoms in total. The zero-order valence-corrected chi connectivity index (χ0v) is 11.2. The molecule has 0 saturated carbocycles. The van der Waals surface area contributed by atoms with Crippen LogP contribution in [0.2, 0.25) is 0 Å². The predicted molar refractivity (Wildman–Crippen MR) is 74.5 cm³/mol. The van der Waals surface area contributed by atoms with E-state index in [4.69, 9.17) is 0 Å². The van der Waals surface area contributed by atoms with Crippen molar-refractivity contribution in [3.63, 3.8) is 0 Å². The van der Waals surface area contributed by atoms with Gasteiger partial charge >= 0.3 is 0 Å². The molecule has 1 aromatic carbocycles. The smallest absolute Gasteiger partial charge is 0.245 e. The minimum atomic E-state index is -0.0481. The summed E-state index contributed by atoms with van der Waals surface area (Å²) in [6, 6.07) is 7.39. The topological polar surface area (TPSA) is 61.4 Å². The molecule has 0 atom stereocenters. The normalized spacial score (nSPS) is 10.6. The first-order valence-electron chi connectivity index (χ1n) is 6.01. The first kappa shape index (κ1) is 15.1. The molecule has 0 fully saturated rings. The number of likely N-dealkylation sites (N-methyl/N-ethyl adjacent to an activating group) is 1. The molecule has 0 heterocycles. The zero-order chi connectivity index (χ0) is 14.1. The second-order valence-corrected chi connectivity index (χ2v) is 4.19. The van der Waals surface area contributed by atoms with Gasteiger partial charge in [-0.1, -0.05) is 30.3 Å². The fourth-order valence-corrected chi connectivity index (χ4v) is 1.41. The summed E-state index contributed by atoms with van der Waals surface area (Å²) in [6.45, 7) is 1.08. The number of hydrogen-bond acceptors (Lipinski definition) is 4. The number of carbonyl (C=O) groups excluding carboxylic acids is 2. The molecule has 2 N–H and O–H groups in total. The molecular formula is C14H19N3O2. The highest BCUT2D eigenvalue weighted by Gasteiger charge is 1.99. The van der Waals surface area contributed by atoms with Crippen molar-refractivity contribution < 1.29 is 9.59 Å². The fourth-order valence-electron chi connectivity index (χ4n) is 1.41. The Bertz CT molecular complexity index is 456. The Morgan fingerprint density at radius 1 is 1.26 bits per heavy atom. The molecule has 0 bridgehead atoms. The highest BCUT2D eigenvalue weighted by atomic mass is 16.2. The van der Waals surface area contributed by atoms with Crippen LogP contribution >= 0.6 is 0 Å². The first-order chi connectivity index (χ1) is 9.15. The lowest BCUT2D eigenvalue weighted by atomic mass is 10.1. The highest BCUT2D eigenvalue weighted by Crippen LogP contribution is 2.04. The van der Waals surface area contributed by atoms with Gasteiger partial charge < -0.3 is 4.90 Å². The summed E-state index contributed by atoms with van der Waals surface area (Å²) < 4.78 is 0. The van der Waals surface area contributed by atoms with E-state index >= 15 is 0 Å². The van der Waals surface area contributed by atoms with Crippen LogP contribution < -0.4 is 10.9 Å². The maximum atomic E-state index is 11.2. The average molecular weight is 261 g/mol. The van der Waals surface area contributed by atoms with Gasteiger partial charge in [0.05, 0.1) is 0 Å². The number of aldehydes is 1. The Morgan fingerprint density at radius 3 is 2.68 bits per heavy atom. The van der Waals surface area contributed by atoms with Crippen LogP contribution in [-0.2, 0) is 11.3 Å². The van der Waals surface area contributed by atoms with Crippen molar-refractivity contribution in [1.82, 2.24) is 15.8 Å². The van der Waals surface area contributed by atoms with Crippen molar-refractivity contribution in [3.05, 3.63) is 47.5 Å². The van der Waals surface area contributed by atoms with E-state index in [0.717, 1.165) is 11.8 Å². The van der Waals surface area contributed by atoms with E-state index in [1.54, 1.807) is 26.2 Å². The first-order valence-corrected chi connectivity index (χ1v) is 6.01. The minimum absolute atomic E-state index is 0.0481. The number of benzene rings is 1. The average Bonchev–Trinajstić information content (AvgIpc) is 2.42. The molecule has 5 heteroatoms. The van der Waals surface area contributed by atoms with Crippen LogP contribution in [0.5, 0.6) is 0 Å². The molecule has 0 spiro atoms. The Balaban J connectivity index is 2.28. The van der Waals surface area contributed by atoms with Gasteiger partial charge in [0.2, 0.25) is 5.91 Å². The summed E-state index contributed by atoms with van der Waals surface area (Å²) in [4.78, 5) is 23.5. The molecular weight excluding hydrogens is 242 g/mol. The van der Waals surface area contributed by atoms with E-state index in [9.17, 15) is 9.59 Å². The summed E-state index contributed by atoms with van der Waals surface area (Å²) in [5.74, 6) is -0.0481. The Morgan fingerprint density at radius 2 is 2.00 bits per heavy atom. The van der Waals surface area contributed by atoms with E-state index in [2.05, 4.69) is 10.9 Å². The molecule has 0 aliphatic rings. The molecule has 1 rings (SSSR count). The summed E-state index contributed by atoms with van der Waals surface area (Å²) >= 11 is 0. The van der Waals surface area contributed by atoms with Crippen molar-refractivity contribution >= 4 is 12.2 Å². The van der Waals surface area contributed by atoms with Crippen LogP contribution in [0.3, 0.4) is 0 Å². The fraction of sp³-hybridized carbons (Fsp3) is 0.286. The number of carbonyl (C=O) groups is 2. The molecule has 0 aromatic heterocycles. The van der Waals surface area contributed by atoms with Gasteiger partial charge in [-0.25, -0.2) is 0 Å². The van der Waals surface area contributed by atoms with Crippen LogP contribution in [0.15, 0.2) is 36.4 Å². The van der Waals surface area contributed by atoms with Crippen LogP contribution in [-0.4, -0.2) is 37.7 Å². The van der Waals surface area contributed by atoms with Crippen LogP contribution in [0.25, 0.3) is 0 Å². The lowest BCUT2D eigenvalue weighted by molar-refractivity contribution is -0.123. The van der Waals surface area contributed by atoms with Crippen molar-refractivity contribution in [2.24, 2.45) is 0 Å². The lowest BCUT2D eigenvalue weighted by Crippen LogP contribution is -2.31. The summed E-state index contributed by atoms with van der Waals surface area (Å²) in [5, 5.41) is 0. The number of nitrogens with one attached hydrogen (secondary N) is 2. The van der Waals surface area contributed by atoms with E-state index in [-0.39, 0.29) is 5.91 Å². The Kier molecular flexibility index (Phi) is 6.49. The third-order valence-electron chi connectivity index (χ3n) is 2.51. The van der Waals surface area contributed by atoms with Crippen LogP contribution in [0, 0.1) is 0 Å². The highest BCUT2D eigenvalue weighted by molar-refractivity contribution is 5.87. The zero-order valence-electron chi connectivity index (χ0n) is 11.2. The molecule has 0 radical (unpaired) electrons. The number of hydrazine groups is 1. The number of hydrogen-bond donors (Lipinski definition) is 2. The Labute approximate surface area is 113 Å². The lowest BCUT2D eigenvalue weighted by Gasteiger charge is -2.07. The van der Waals surface area contributed by atoms with Gasteiger partial charge in [-0.15, -0.1) is 0 Å².